The molecule has 0 aliphatic carbocycles. The molecule has 1 N–H and O–H groups in total. The number of carbonyl (C=O) groups is 2. The van der Waals surface area contributed by atoms with Gasteiger partial charge in [-0.25, -0.2) is 4.98 Å². The molecule has 0 amide bonds. The fraction of sp³-hybridized carbons (Fsp3) is 0.389. The highest BCUT2D eigenvalue weighted by Crippen LogP contribution is 2.25. The number of pyridine rings is 1. The van der Waals surface area contributed by atoms with Crippen LogP contribution >= 0.6 is 27.3 Å². The van der Waals surface area contributed by atoms with E-state index in [1.807, 2.05) is 37.6 Å². The summed E-state index contributed by atoms with van der Waals surface area (Å²) >= 11 is 3.34. The van der Waals surface area contributed by atoms with Gasteiger partial charge in [0.25, 0.3) is 0 Å². The number of carbonyl (C=O) groups excluding carboxylic acids is 2. The van der Waals surface area contributed by atoms with Crippen molar-refractivity contribution < 1.29 is 18.9 Å². The minimum Gasteiger partial charge on any atom is -0.598 e. The molecular weight excluding hydrogens is 452 g/mol. The van der Waals surface area contributed by atoms with Gasteiger partial charge in [-0.2, -0.15) is 11.3 Å². The molecule has 0 fully saturated rings. The lowest BCUT2D eigenvalue weighted by molar-refractivity contribution is -0.138. The van der Waals surface area contributed by atoms with E-state index in [0.29, 0.717) is 4.60 Å². The molecule has 2 aromatic heterocycles. The van der Waals surface area contributed by atoms with Gasteiger partial charge >= 0.3 is 5.97 Å². The van der Waals surface area contributed by atoms with Gasteiger partial charge in [-0.1, -0.05) is 6.07 Å². The summed E-state index contributed by atoms with van der Waals surface area (Å²) in [4.78, 5) is 28.4. The van der Waals surface area contributed by atoms with Crippen molar-refractivity contribution in [3.05, 3.63) is 45.2 Å². The number of thiophene rings is 1. The van der Waals surface area contributed by atoms with Crippen LogP contribution in [0.5, 0.6) is 5.88 Å². The summed E-state index contributed by atoms with van der Waals surface area (Å²) in [5.74, 6) is -0.847. The maximum Gasteiger partial charge on any atom is 0.320 e. The topological polar surface area (TPSA) is 91.3 Å². The summed E-state index contributed by atoms with van der Waals surface area (Å²) < 4.78 is 20.6. The standard InChI is InChI=1S/C18H21BrN2O4S2/c1-18(2,3)27(24)21-14(12-7-8-26-11-12)9-13(22)10-17(23)25-16-6-4-5-15(19)20-16/h4-8,11,14,21H,9-10H2,1-3H3. The molecule has 0 radical (unpaired) electrons. The highest BCUT2D eigenvalue weighted by Gasteiger charge is 2.31. The summed E-state index contributed by atoms with van der Waals surface area (Å²) in [6.07, 6.45) is -0.335. The van der Waals surface area contributed by atoms with E-state index in [-0.39, 0.29) is 24.5 Å². The average Bonchev–Trinajstić information content (AvgIpc) is 3.07. The Morgan fingerprint density at radius 2 is 2.11 bits per heavy atom. The van der Waals surface area contributed by atoms with Crippen LogP contribution in [0.2, 0.25) is 0 Å². The molecule has 2 rings (SSSR count). The Morgan fingerprint density at radius 3 is 2.70 bits per heavy atom. The first-order valence-electron chi connectivity index (χ1n) is 8.20. The molecule has 0 aliphatic rings. The van der Waals surface area contributed by atoms with E-state index in [9.17, 15) is 14.1 Å². The van der Waals surface area contributed by atoms with E-state index in [1.165, 1.54) is 17.4 Å². The second-order valence-electron chi connectivity index (χ2n) is 6.80. The van der Waals surface area contributed by atoms with E-state index in [4.69, 9.17) is 4.74 Å². The van der Waals surface area contributed by atoms with Crippen LogP contribution in [0.3, 0.4) is 0 Å². The number of ketones is 1. The molecule has 6 nitrogen and oxygen atoms in total. The smallest absolute Gasteiger partial charge is 0.320 e. The molecule has 2 atom stereocenters. The second-order valence-corrected chi connectivity index (χ2v) is 10.4. The molecule has 0 aliphatic heterocycles. The van der Waals surface area contributed by atoms with Gasteiger partial charge in [0.2, 0.25) is 5.88 Å². The second kappa shape index (κ2) is 9.79. The fourth-order valence-corrected chi connectivity index (χ4v) is 3.94. The zero-order chi connectivity index (χ0) is 20.0. The van der Waals surface area contributed by atoms with Crippen LogP contribution in [0.25, 0.3) is 0 Å². The predicted octanol–water partition coefficient (Wildman–Crippen LogP) is 3.95. The van der Waals surface area contributed by atoms with Crippen LogP contribution in [-0.2, 0) is 21.0 Å². The van der Waals surface area contributed by atoms with E-state index < -0.39 is 28.1 Å². The van der Waals surface area contributed by atoms with Crippen molar-refractivity contribution in [2.24, 2.45) is 0 Å². The third-order valence-corrected chi connectivity index (χ3v) is 6.19. The number of rotatable bonds is 8. The van der Waals surface area contributed by atoms with Gasteiger partial charge in [0, 0.05) is 23.8 Å². The van der Waals surface area contributed by atoms with Crippen LogP contribution in [0, 0.1) is 0 Å². The molecule has 0 spiro atoms. The van der Waals surface area contributed by atoms with Crippen LogP contribution in [-0.4, -0.2) is 26.0 Å². The van der Waals surface area contributed by atoms with E-state index in [0.717, 1.165) is 5.56 Å². The van der Waals surface area contributed by atoms with Crippen LogP contribution in [0.15, 0.2) is 39.6 Å². The van der Waals surface area contributed by atoms with Crippen LogP contribution in [0.1, 0.15) is 45.2 Å². The molecule has 0 bridgehead atoms. The van der Waals surface area contributed by atoms with Crippen LogP contribution < -0.4 is 9.46 Å². The lowest BCUT2D eigenvalue weighted by Crippen LogP contribution is -2.41. The Balaban J connectivity index is 1.97. The third-order valence-electron chi connectivity index (χ3n) is 3.43. The van der Waals surface area contributed by atoms with Crippen molar-refractivity contribution in [3.63, 3.8) is 0 Å². The average molecular weight is 473 g/mol. The fourth-order valence-electron chi connectivity index (χ4n) is 2.07. The summed E-state index contributed by atoms with van der Waals surface area (Å²) in [6, 6.07) is 6.36. The summed E-state index contributed by atoms with van der Waals surface area (Å²) in [5.41, 5.74) is 0.868. The highest BCUT2D eigenvalue weighted by molar-refractivity contribution is 9.10. The number of nitrogens with zero attached hydrogens (tertiary/aromatic N) is 1. The molecular formula is C18H21BrN2O4S2. The highest BCUT2D eigenvalue weighted by atomic mass is 79.9. The summed E-state index contributed by atoms with van der Waals surface area (Å²) in [6.45, 7) is 5.56. The number of ether oxygens (including phenoxy) is 1. The first kappa shape index (κ1) is 22.0. The maximum absolute atomic E-state index is 12.4. The molecule has 2 aromatic rings. The zero-order valence-electron chi connectivity index (χ0n) is 15.2. The van der Waals surface area contributed by atoms with Crippen LogP contribution in [0.4, 0.5) is 0 Å². The van der Waals surface area contributed by atoms with Gasteiger partial charge in [-0.15, -0.1) is 4.72 Å². The number of hydrogen-bond donors (Lipinski definition) is 1. The Bertz CT molecular complexity index is 778. The lowest BCUT2D eigenvalue weighted by atomic mass is 10.0. The minimum atomic E-state index is -1.34. The monoisotopic (exact) mass is 472 g/mol. The Hall–Kier alpha value is -1.26. The third kappa shape index (κ3) is 7.34. The maximum atomic E-state index is 12.4. The molecule has 2 heterocycles. The van der Waals surface area contributed by atoms with Crippen molar-refractivity contribution in [2.45, 2.75) is 44.4 Å². The minimum absolute atomic E-state index is 0.0412. The van der Waals surface area contributed by atoms with E-state index in [2.05, 4.69) is 25.6 Å². The van der Waals surface area contributed by atoms with Crippen molar-refractivity contribution in [2.75, 3.05) is 0 Å². The molecule has 0 aromatic carbocycles. The van der Waals surface area contributed by atoms with Gasteiger partial charge in [0.05, 0.1) is 6.04 Å². The first-order valence-corrected chi connectivity index (χ1v) is 11.1. The first-order chi connectivity index (χ1) is 12.6. The number of halogens is 1. The Labute approximate surface area is 174 Å². The summed E-state index contributed by atoms with van der Waals surface area (Å²) in [5, 5.41) is 3.79. The molecule has 2 unspecified atom stereocenters. The van der Waals surface area contributed by atoms with Crippen molar-refractivity contribution in [1.29, 1.82) is 0 Å². The Morgan fingerprint density at radius 1 is 1.37 bits per heavy atom. The van der Waals surface area contributed by atoms with Crippen molar-refractivity contribution in [1.82, 2.24) is 9.71 Å². The van der Waals surface area contributed by atoms with Crippen molar-refractivity contribution in [3.8, 4) is 5.88 Å². The van der Waals surface area contributed by atoms with Gasteiger partial charge in [0.15, 0.2) is 0 Å². The number of hydrogen-bond acceptors (Lipinski definition) is 7. The molecule has 0 saturated carbocycles. The van der Waals surface area contributed by atoms with Gasteiger partial charge in [0.1, 0.15) is 21.6 Å². The Kier molecular flexibility index (Phi) is 7.99. The molecule has 0 saturated heterocycles. The number of esters is 1. The zero-order valence-corrected chi connectivity index (χ0v) is 18.4. The number of aromatic nitrogens is 1. The van der Waals surface area contributed by atoms with Gasteiger partial charge in [-0.3, -0.25) is 9.59 Å². The molecule has 27 heavy (non-hydrogen) atoms. The summed E-state index contributed by atoms with van der Waals surface area (Å²) in [7, 11) is 0. The van der Waals surface area contributed by atoms with E-state index >= 15 is 0 Å². The normalized spacial score (nSPS) is 13.8. The van der Waals surface area contributed by atoms with Gasteiger partial charge in [-0.05, 0) is 65.2 Å². The predicted molar refractivity (Wildman–Crippen MR) is 110 cm³/mol. The van der Waals surface area contributed by atoms with Crippen molar-refractivity contribution >= 4 is 50.4 Å². The lowest BCUT2D eigenvalue weighted by Gasteiger charge is -2.27. The quantitative estimate of drug-likeness (QED) is 0.270. The molecule has 146 valence electrons. The number of nitrogens with one attached hydrogen (secondary N) is 1. The largest absolute Gasteiger partial charge is 0.598 e. The SMILES string of the molecule is CC(C)(C)[S+]([O-])NC(CC(=O)CC(=O)Oc1cccc(Br)n1)c1ccsc1. The van der Waals surface area contributed by atoms with E-state index in [1.54, 1.807) is 12.1 Å². The molecule has 9 heteroatoms. The number of Topliss-reactive ketones (excluding diaryl/α,β-unsaturated/α-hetero) is 1. The van der Waals surface area contributed by atoms with Gasteiger partial charge < -0.3 is 9.29 Å².